The Morgan fingerprint density at radius 1 is 1.03 bits per heavy atom. The number of carbonyl (C=O) groups is 1. The highest BCUT2D eigenvalue weighted by atomic mass is 19.1. The summed E-state index contributed by atoms with van der Waals surface area (Å²) in [5, 5.41) is 3.00. The summed E-state index contributed by atoms with van der Waals surface area (Å²) in [4.78, 5) is 16.7. The maximum atomic E-state index is 13.6. The number of likely N-dealkylation sites (tertiary alicyclic amines) is 1. The second-order valence-electron chi connectivity index (χ2n) is 9.40. The molecule has 0 bridgehead atoms. The molecule has 2 unspecified atom stereocenters. The Balaban J connectivity index is 0.000000257. The molecule has 1 N–H and O–H groups in total. The van der Waals surface area contributed by atoms with Crippen LogP contribution in [0.1, 0.15) is 49.7 Å². The van der Waals surface area contributed by atoms with Crippen molar-refractivity contribution in [2.75, 3.05) is 27.2 Å². The van der Waals surface area contributed by atoms with Crippen LogP contribution >= 0.6 is 0 Å². The van der Waals surface area contributed by atoms with Gasteiger partial charge >= 0.3 is 0 Å². The zero-order valence-electron chi connectivity index (χ0n) is 19.9. The van der Waals surface area contributed by atoms with Gasteiger partial charge in [0.1, 0.15) is 11.6 Å². The predicted octanol–water partition coefficient (Wildman–Crippen LogP) is 4.98. The number of hydrogen-bond acceptors (Lipinski definition) is 3. The van der Waals surface area contributed by atoms with Crippen LogP contribution in [0.3, 0.4) is 0 Å². The van der Waals surface area contributed by atoms with E-state index in [1.165, 1.54) is 43.4 Å². The molecule has 1 saturated carbocycles. The van der Waals surface area contributed by atoms with E-state index in [9.17, 15) is 13.6 Å². The zero-order valence-corrected chi connectivity index (χ0v) is 19.9. The van der Waals surface area contributed by atoms with Crippen LogP contribution in [-0.2, 0) is 17.9 Å². The fourth-order valence-corrected chi connectivity index (χ4v) is 4.95. The molecule has 1 aliphatic heterocycles. The standard InChI is InChI=1S/C18H24F2N2O.C9H13N/c19-15-8-7-14(16(20)10-15)11-21-12-18(23)22-9-3-5-13-4-1-2-6-17(13)22;1-10(2)8-9-6-4-3-5-7-9/h7-8,10,13,17,21H,1-6,9,11-12H2;3-7H,8H2,1-2H3. The topological polar surface area (TPSA) is 35.6 Å². The molecular formula is C27H37F2N3O. The molecule has 1 aliphatic carbocycles. The molecule has 33 heavy (non-hydrogen) atoms. The van der Waals surface area contributed by atoms with E-state index in [1.807, 2.05) is 11.0 Å². The number of rotatable bonds is 6. The first-order chi connectivity index (χ1) is 15.9. The lowest BCUT2D eigenvalue weighted by atomic mass is 9.78. The van der Waals surface area contributed by atoms with E-state index in [-0.39, 0.29) is 19.0 Å². The van der Waals surface area contributed by atoms with Crippen molar-refractivity contribution in [1.82, 2.24) is 15.1 Å². The fraction of sp³-hybridized carbons (Fsp3) is 0.519. The number of fused-ring (bicyclic) bond motifs is 1. The van der Waals surface area contributed by atoms with Crippen LogP contribution in [0.2, 0.25) is 0 Å². The quantitative estimate of drug-likeness (QED) is 0.664. The van der Waals surface area contributed by atoms with Crippen LogP contribution in [0, 0.1) is 17.6 Å². The van der Waals surface area contributed by atoms with E-state index < -0.39 is 11.6 Å². The first-order valence-corrected chi connectivity index (χ1v) is 12.1. The summed E-state index contributed by atoms with van der Waals surface area (Å²) in [6.45, 7) is 2.31. The lowest BCUT2D eigenvalue weighted by Crippen LogP contribution is -2.51. The number of nitrogens with one attached hydrogen (secondary N) is 1. The van der Waals surface area contributed by atoms with E-state index in [2.05, 4.69) is 48.6 Å². The van der Waals surface area contributed by atoms with E-state index >= 15 is 0 Å². The molecular weight excluding hydrogens is 420 g/mol. The Labute approximate surface area is 197 Å². The first kappa shape index (κ1) is 25.3. The number of piperidine rings is 1. The van der Waals surface area contributed by atoms with Crippen LogP contribution in [0.4, 0.5) is 8.78 Å². The van der Waals surface area contributed by atoms with Gasteiger partial charge in [0.15, 0.2) is 0 Å². The van der Waals surface area contributed by atoms with Gasteiger partial charge in [-0.05, 0) is 57.3 Å². The lowest BCUT2D eigenvalue weighted by molar-refractivity contribution is -0.136. The van der Waals surface area contributed by atoms with Crippen LogP contribution in [0.15, 0.2) is 48.5 Å². The SMILES string of the molecule is CN(C)Cc1ccccc1.O=C(CNCc1ccc(F)cc1F)N1CCCC2CCCCC21. The Morgan fingerprint density at radius 2 is 1.76 bits per heavy atom. The largest absolute Gasteiger partial charge is 0.338 e. The van der Waals surface area contributed by atoms with Gasteiger partial charge in [-0.15, -0.1) is 0 Å². The van der Waals surface area contributed by atoms with E-state index in [4.69, 9.17) is 0 Å². The number of halogens is 2. The summed E-state index contributed by atoms with van der Waals surface area (Å²) in [5.74, 6) is -0.394. The molecule has 2 atom stereocenters. The maximum absolute atomic E-state index is 13.6. The van der Waals surface area contributed by atoms with Crippen molar-refractivity contribution in [2.24, 2.45) is 5.92 Å². The highest BCUT2D eigenvalue weighted by molar-refractivity contribution is 5.78. The molecule has 1 heterocycles. The average Bonchev–Trinajstić information content (AvgIpc) is 2.81. The van der Waals surface area contributed by atoms with E-state index in [1.54, 1.807) is 0 Å². The lowest BCUT2D eigenvalue weighted by Gasteiger charge is -2.44. The zero-order chi connectivity index (χ0) is 23.6. The molecule has 6 heteroatoms. The van der Waals surface area contributed by atoms with Crippen molar-refractivity contribution in [3.63, 3.8) is 0 Å². The third kappa shape index (κ3) is 7.90. The molecule has 2 aromatic rings. The monoisotopic (exact) mass is 457 g/mol. The summed E-state index contributed by atoms with van der Waals surface area (Å²) in [5.41, 5.74) is 1.75. The van der Waals surface area contributed by atoms with Crippen molar-refractivity contribution in [2.45, 2.75) is 57.7 Å². The minimum absolute atomic E-state index is 0.101. The normalized spacial score (nSPS) is 20.1. The van der Waals surface area contributed by atoms with Gasteiger partial charge in [0.2, 0.25) is 5.91 Å². The highest BCUT2D eigenvalue weighted by Crippen LogP contribution is 2.35. The second kappa shape index (κ2) is 12.8. The molecule has 0 spiro atoms. The second-order valence-corrected chi connectivity index (χ2v) is 9.40. The van der Waals surface area contributed by atoms with Crippen molar-refractivity contribution in [3.8, 4) is 0 Å². The minimum Gasteiger partial charge on any atom is -0.338 e. The van der Waals surface area contributed by atoms with Gasteiger partial charge in [-0.1, -0.05) is 49.2 Å². The van der Waals surface area contributed by atoms with Gasteiger partial charge < -0.3 is 15.1 Å². The molecule has 0 aromatic heterocycles. The molecule has 1 amide bonds. The van der Waals surface area contributed by atoms with Gasteiger partial charge in [0.05, 0.1) is 6.54 Å². The molecule has 4 rings (SSSR count). The van der Waals surface area contributed by atoms with Gasteiger partial charge in [-0.3, -0.25) is 4.79 Å². The van der Waals surface area contributed by atoms with Crippen LogP contribution in [-0.4, -0.2) is 48.9 Å². The molecule has 1 saturated heterocycles. The summed E-state index contributed by atoms with van der Waals surface area (Å²) in [6, 6.07) is 14.4. The van der Waals surface area contributed by atoms with Crippen LogP contribution in [0.5, 0.6) is 0 Å². The first-order valence-electron chi connectivity index (χ1n) is 12.1. The number of hydrogen-bond donors (Lipinski definition) is 1. The van der Waals surface area contributed by atoms with Crippen molar-refractivity contribution in [1.29, 1.82) is 0 Å². The summed E-state index contributed by atoms with van der Waals surface area (Å²) >= 11 is 0. The van der Waals surface area contributed by atoms with Gasteiger partial charge in [0.25, 0.3) is 0 Å². The summed E-state index contributed by atoms with van der Waals surface area (Å²) < 4.78 is 26.5. The fourth-order valence-electron chi connectivity index (χ4n) is 4.95. The summed E-state index contributed by atoms with van der Waals surface area (Å²) in [6.07, 6.45) is 7.16. The molecule has 2 aliphatic rings. The number of nitrogens with zero attached hydrogens (tertiary/aromatic N) is 2. The molecule has 2 aromatic carbocycles. The van der Waals surface area contributed by atoms with E-state index in [0.29, 0.717) is 17.5 Å². The molecule has 4 nitrogen and oxygen atoms in total. The van der Waals surface area contributed by atoms with Gasteiger partial charge in [-0.25, -0.2) is 8.78 Å². The Hall–Kier alpha value is -2.31. The van der Waals surface area contributed by atoms with Gasteiger partial charge in [-0.2, -0.15) is 0 Å². The molecule has 2 fully saturated rings. The number of amides is 1. The Kier molecular flexibility index (Phi) is 9.82. The smallest absolute Gasteiger partial charge is 0.236 e. The maximum Gasteiger partial charge on any atom is 0.236 e. The van der Waals surface area contributed by atoms with E-state index in [0.717, 1.165) is 32.0 Å². The third-order valence-electron chi connectivity index (χ3n) is 6.51. The minimum atomic E-state index is -0.584. The number of benzene rings is 2. The molecule has 0 radical (unpaired) electrons. The van der Waals surface area contributed by atoms with Crippen molar-refractivity contribution < 1.29 is 13.6 Å². The summed E-state index contributed by atoms with van der Waals surface area (Å²) in [7, 11) is 4.15. The van der Waals surface area contributed by atoms with Gasteiger partial charge in [0, 0.05) is 37.3 Å². The van der Waals surface area contributed by atoms with Crippen LogP contribution < -0.4 is 5.32 Å². The Morgan fingerprint density at radius 3 is 2.48 bits per heavy atom. The van der Waals surface area contributed by atoms with Crippen molar-refractivity contribution >= 4 is 5.91 Å². The molecule has 180 valence electrons. The van der Waals surface area contributed by atoms with Crippen molar-refractivity contribution in [3.05, 3.63) is 71.3 Å². The average molecular weight is 458 g/mol. The Bertz CT molecular complexity index is 873. The third-order valence-corrected chi connectivity index (χ3v) is 6.51. The number of carbonyl (C=O) groups excluding carboxylic acids is 1. The highest BCUT2D eigenvalue weighted by Gasteiger charge is 2.35. The predicted molar refractivity (Wildman–Crippen MR) is 129 cm³/mol. The van der Waals surface area contributed by atoms with Crippen LogP contribution in [0.25, 0.3) is 0 Å².